The number of benzene rings is 1. The summed E-state index contributed by atoms with van der Waals surface area (Å²) >= 11 is 1.81. The van der Waals surface area contributed by atoms with Gasteiger partial charge in [0.2, 0.25) is 0 Å². The largest absolute Gasteiger partial charge is 0.144 e. The molecular formula is C13H13S. The molecular weight excluding hydrogens is 188 g/mol. The van der Waals surface area contributed by atoms with Crippen LogP contribution in [0.4, 0.5) is 0 Å². The van der Waals surface area contributed by atoms with Gasteiger partial charge in [-0.05, 0) is 41.5 Å². The molecule has 1 heteroatoms. The van der Waals surface area contributed by atoms with Gasteiger partial charge >= 0.3 is 0 Å². The maximum atomic E-state index is 2.19. The van der Waals surface area contributed by atoms with E-state index in [4.69, 9.17) is 0 Å². The average Bonchev–Trinajstić information content (AvgIpc) is 2.65. The highest BCUT2D eigenvalue weighted by Crippen LogP contribution is 2.29. The van der Waals surface area contributed by atoms with E-state index in [0.29, 0.717) is 0 Å². The Hall–Kier alpha value is -1.08. The van der Waals surface area contributed by atoms with E-state index in [1.54, 1.807) is 11.3 Å². The van der Waals surface area contributed by atoms with Gasteiger partial charge in [-0.1, -0.05) is 31.2 Å². The summed E-state index contributed by atoms with van der Waals surface area (Å²) in [5.74, 6) is 0. The van der Waals surface area contributed by atoms with Crippen LogP contribution in [0.2, 0.25) is 0 Å². The third kappa shape index (κ3) is 1.73. The lowest BCUT2D eigenvalue weighted by atomic mass is 10.1. The first kappa shape index (κ1) is 9.47. The van der Waals surface area contributed by atoms with Crippen LogP contribution in [0.1, 0.15) is 18.1 Å². The molecule has 0 N–H and O–H groups in total. The van der Waals surface area contributed by atoms with E-state index in [1.807, 2.05) is 0 Å². The van der Waals surface area contributed by atoms with Crippen LogP contribution in [0.25, 0.3) is 10.4 Å². The van der Waals surface area contributed by atoms with Gasteiger partial charge in [-0.15, -0.1) is 11.3 Å². The van der Waals surface area contributed by atoms with Crippen molar-refractivity contribution in [1.82, 2.24) is 0 Å². The summed E-state index contributed by atoms with van der Waals surface area (Å²) in [4.78, 5) is 1.38. The molecule has 0 nitrogen and oxygen atoms in total. The first-order valence-corrected chi connectivity index (χ1v) is 5.63. The number of aryl methyl sites for hydroxylation is 1. The topological polar surface area (TPSA) is 0 Å². The van der Waals surface area contributed by atoms with Crippen molar-refractivity contribution in [3.63, 3.8) is 0 Å². The number of hydrogen-bond acceptors (Lipinski definition) is 1. The summed E-state index contributed by atoms with van der Waals surface area (Å²) < 4.78 is 0. The summed E-state index contributed by atoms with van der Waals surface area (Å²) in [6, 6.07) is 10.9. The van der Waals surface area contributed by atoms with E-state index in [0.717, 1.165) is 0 Å². The zero-order valence-electron chi connectivity index (χ0n) is 8.45. The highest BCUT2D eigenvalue weighted by Gasteiger charge is 2.02. The fraction of sp³-hybridized carbons (Fsp3) is 0.154. The number of rotatable bonds is 2. The van der Waals surface area contributed by atoms with Crippen molar-refractivity contribution < 1.29 is 0 Å². The molecule has 14 heavy (non-hydrogen) atoms. The molecule has 0 aliphatic rings. The van der Waals surface area contributed by atoms with Gasteiger partial charge in [-0.25, -0.2) is 0 Å². The lowest BCUT2D eigenvalue weighted by molar-refractivity contribution is 1.42. The SMILES string of the molecule is C[CH]c1ccc(-c2sccc2C)cc1. The molecule has 0 fully saturated rings. The van der Waals surface area contributed by atoms with Crippen molar-refractivity contribution in [2.24, 2.45) is 0 Å². The maximum Gasteiger partial charge on any atom is 0.0371 e. The minimum Gasteiger partial charge on any atom is -0.144 e. The van der Waals surface area contributed by atoms with E-state index in [9.17, 15) is 0 Å². The van der Waals surface area contributed by atoms with E-state index in [-0.39, 0.29) is 0 Å². The van der Waals surface area contributed by atoms with Crippen molar-refractivity contribution in [3.05, 3.63) is 53.3 Å². The van der Waals surface area contributed by atoms with Crippen molar-refractivity contribution >= 4 is 11.3 Å². The Morgan fingerprint density at radius 2 is 1.79 bits per heavy atom. The molecule has 0 unspecified atom stereocenters. The molecule has 0 aliphatic carbocycles. The summed E-state index contributed by atoms with van der Waals surface area (Å²) in [6.07, 6.45) is 2.12. The molecule has 2 rings (SSSR count). The minimum atomic E-state index is 1.28. The van der Waals surface area contributed by atoms with Crippen molar-refractivity contribution in [2.75, 3.05) is 0 Å². The van der Waals surface area contributed by atoms with E-state index in [1.165, 1.54) is 21.6 Å². The van der Waals surface area contributed by atoms with Crippen LogP contribution in [-0.2, 0) is 0 Å². The second kappa shape index (κ2) is 3.97. The third-order valence-corrected chi connectivity index (χ3v) is 3.43. The molecule has 1 aromatic carbocycles. The first-order valence-electron chi connectivity index (χ1n) is 4.75. The molecule has 0 saturated carbocycles. The molecule has 0 saturated heterocycles. The fourth-order valence-electron chi connectivity index (χ4n) is 1.50. The first-order chi connectivity index (χ1) is 6.81. The van der Waals surface area contributed by atoms with Crippen LogP contribution >= 0.6 is 11.3 Å². The summed E-state index contributed by atoms with van der Waals surface area (Å²) in [6.45, 7) is 4.22. The van der Waals surface area contributed by atoms with Crippen molar-refractivity contribution in [1.29, 1.82) is 0 Å². The third-order valence-electron chi connectivity index (χ3n) is 2.37. The molecule has 0 aliphatic heterocycles. The predicted molar refractivity (Wildman–Crippen MR) is 63.6 cm³/mol. The Balaban J connectivity index is 2.39. The molecule has 0 atom stereocenters. The standard InChI is InChI=1S/C13H13S/c1-3-11-4-6-12(7-5-11)13-10(2)8-9-14-13/h3-9H,1-2H3. The summed E-state index contributed by atoms with van der Waals surface area (Å²) in [5, 5.41) is 2.14. The van der Waals surface area contributed by atoms with Gasteiger partial charge in [0.05, 0.1) is 0 Å². The molecule has 0 amide bonds. The molecule has 0 spiro atoms. The molecule has 0 bridgehead atoms. The zero-order valence-corrected chi connectivity index (χ0v) is 9.27. The quantitative estimate of drug-likeness (QED) is 0.679. The Morgan fingerprint density at radius 1 is 1.07 bits per heavy atom. The molecule has 71 valence electrons. The van der Waals surface area contributed by atoms with Gasteiger partial charge in [-0.3, -0.25) is 0 Å². The summed E-state index contributed by atoms with van der Waals surface area (Å²) in [5.41, 5.74) is 3.97. The highest BCUT2D eigenvalue weighted by atomic mass is 32.1. The average molecular weight is 201 g/mol. The monoisotopic (exact) mass is 201 g/mol. The Bertz CT molecular complexity index is 409. The Kier molecular flexibility index (Phi) is 2.69. The molecule has 2 aromatic rings. The normalized spacial score (nSPS) is 10.4. The van der Waals surface area contributed by atoms with Gasteiger partial charge in [0, 0.05) is 4.88 Å². The van der Waals surface area contributed by atoms with E-state index in [2.05, 4.69) is 56.0 Å². The van der Waals surface area contributed by atoms with Gasteiger partial charge in [0.25, 0.3) is 0 Å². The predicted octanol–water partition coefficient (Wildman–Crippen LogP) is 4.30. The van der Waals surface area contributed by atoms with E-state index < -0.39 is 0 Å². The maximum absolute atomic E-state index is 2.19. The second-order valence-corrected chi connectivity index (χ2v) is 4.26. The van der Waals surface area contributed by atoms with Gasteiger partial charge in [-0.2, -0.15) is 0 Å². The molecule has 1 aromatic heterocycles. The Morgan fingerprint density at radius 3 is 2.29 bits per heavy atom. The van der Waals surface area contributed by atoms with Crippen LogP contribution in [-0.4, -0.2) is 0 Å². The van der Waals surface area contributed by atoms with Crippen LogP contribution in [0, 0.1) is 13.3 Å². The van der Waals surface area contributed by atoms with E-state index >= 15 is 0 Å². The number of hydrogen-bond donors (Lipinski definition) is 0. The summed E-state index contributed by atoms with van der Waals surface area (Å²) in [7, 11) is 0. The Labute approximate surface area is 89.2 Å². The lowest BCUT2D eigenvalue weighted by Gasteiger charge is -2.01. The number of thiophene rings is 1. The fourth-order valence-corrected chi connectivity index (χ4v) is 2.43. The second-order valence-electron chi connectivity index (χ2n) is 3.34. The molecule has 1 radical (unpaired) electrons. The van der Waals surface area contributed by atoms with Gasteiger partial charge in [0.15, 0.2) is 0 Å². The van der Waals surface area contributed by atoms with Crippen molar-refractivity contribution in [3.8, 4) is 10.4 Å². The lowest BCUT2D eigenvalue weighted by Crippen LogP contribution is -1.79. The van der Waals surface area contributed by atoms with Crippen molar-refractivity contribution in [2.45, 2.75) is 13.8 Å². The van der Waals surface area contributed by atoms with Gasteiger partial charge in [0.1, 0.15) is 0 Å². The van der Waals surface area contributed by atoms with Crippen LogP contribution in [0.3, 0.4) is 0 Å². The van der Waals surface area contributed by atoms with Crippen LogP contribution < -0.4 is 0 Å². The van der Waals surface area contributed by atoms with Crippen LogP contribution in [0.15, 0.2) is 35.7 Å². The van der Waals surface area contributed by atoms with Gasteiger partial charge < -0.3 is 0 Å². The molecule has 1 heterocycles. The highest BCUT2D eigenvalue weighted by molar-refractivity contribution is 7.13. The minimum absolute atomic E-state index is 1.28. The zero-order chi connectivity index (χ0) is 9.97. The van der Waals surface area contributed by atoms with Crippen LogP contribution in [0.5, 0.6) is 0 Å². The smallest absolute Gasteiger partial charge is 0.0371 e.